The molecule has 1 N–H and O–H groups in total. The van der Waals surface area contributed by atoms with E-state index in [-0.39, 0.29) is 17.9 Å². The van der Waals surface area contributed by atoms with Gasteiger partial charge in [0.1, 0.15) is 0 Å². The van der Waals surface area contributed by atoms with E-state index in [1.54, 1.807) is 0 Å². The molecule has 0 spiro atoms. The third-order valence-electron chi connectivity index (χ3n) is 4.79. The normalized spacial score (nSPS) is 15.2. The molecule has 5 nitrogen and oxygen atoms in total. The van der Waals surface area contributed by atoms with Gasteiger partial charge < -0.3 is 15.1 Å². The standard InChI is InChI=1S/C22H27N3O2/c1-24(2)16-20(18-9-4-3-5-10-18)23-22(27)19-11-6-8-17(14-19)15-25-13-7-12-21(25)26/h3-6,8-11,14,20H,7,12-13,15-16H2,1-2H3,(H,23,27)/t20-/m0/s1. The number of hydrogen-bond acceptors (Lipinski definition) is 3. The van der Waals surface area contributed by atoms with Crippen LogP contribution in [0.1, 0.15) is 40.4 Å². The highest BCUT2D eigenvalue weighted by atomic mass is 16.2. The SMILES string of the molecule is CN(C)C[C@H](NC(=O)c1cccc(CN2CCCC2=O)c1)c1ccccc1. The molecule has 1 atom stereocenters. The Balaban J connectivity index is 1.72. The number of amides is 2. The average Bonchev–Trinajstić information content (AvgIpc) is 3.06. The predicted octanol–water partition coefficient (Wildman–Crippen LogP) is 2.84. The highest BCUT2D eigenvalue weighted by Gasteiger charge is 2.21. The Bertz CT molecular complexity index is 789. The van der Waals surface area contributed by atoms with E-state index >= 15 is 0 Å². The first-order chi connectivity index (χ1) is 13.0. The minimum atomic E-state index is -0.0969. The number of benzene rings is 2. The lowest BCUT2D eigenvalue weighted by Gasteiger charge is -2.23. The van der Waals surface area contributed by atoms with E-state index in [0.29, 0.717) is 18.5 Å². The molecule has 1 saturated heterocycles. The van der Waals surface area contributed by atoms with Gasteiger partial charge in [0.25, 0.3) is 5.91 Å². The Hall–Kier alpha value is -2.66. The van der Waals surface area contributed by atoms with Crippen molar-refractivity contribution in [3.05, 3.63) is 71.3 Å². The number of likely N-dealkylation sites (N-methyl/N-ethyl adjacent to an activating group) is 1. The molecule has 27 heavy (non-hydrogen) atoms. The van der Waals surface area contributed by atoms with Crippen molar-refractivity contribution >= 4 is 11.8 Å². The molecule has 0 bridgehead atoms. The second-order valence-electron chi connectivity index (χ2n) is 7.32. The lowest BCUT2D eigenvalue weighted by Crippen LogP contribution is -2.35. The van der Waals surface area contributed by atoms with Crippen LogP contribution < -0.4 is 5.32 Å². The van der Waals surface area contributed by atoms with Gasteiger partial charge in [-0.15, -0.1) is 0 Å². The Morgan fingerprint density at radius 1 is 1.15 bits per heavy atom. The van der Waals surface area contributed by atoms with Crippen molar-refractivity contribution in [2.45, 2.75) is 25.4 Å². The van der Waals surface area contributed by atoms with Crippen molar-refractivity contribution in [2.75, 3.05) is 27.2 Å². The lowest BCUT2D eigenvalue weighted by atomic mass is 10.0. The molecule has 142 valence electrons. The van der Waals surface area contributed by atoms with E-state index in [4.69, 9.17) is 0 Å². The number of nitrogens with one attached hydrogen (secondary N) is 1. The monoisotopic (exact) mass is 365 g/mol. The Kier molecular flexibility index (Phi) is 6.24. The van der Waals surface area contributed by atoms with Crippen LogP contribution in [0.5, 0.6) is 0 Å². The van der Waals surface area contributed by atoms with E-state index in [1.807, 2.05) is 73.6 Å². The maximum atomic E-state index is 12.9. The summed E-state index contributed by atoms with van der Waals surface area (Å²) in [4.78, 5) is 28.6. The van der Waals surface area contributed by atoms with Gasteiger partial charge in [-0.05, 0) is 43.8 Å². The van der Waals surface area contributed by atoms with Crippen LogP contribution in [0.4, 0.5) is 0 Å². The van der Waals surface area contributed by atoms with Crippen molar-refractivity contribution in [1.29, 1.82) is 0 Å². The summed E-state index contributed by atoms with van der Waals surface area (Å²) in [5, 5.41) is 3.15. The maximum Gasteiger partial charge on any atom is 0.251 e. The van der Waals surface area contributed by atoms with Crippen LogP contribution in [0, 0.1) is 0 Å². The molecule has 1 aliphatic rings. The van der Waals surface area contributed by atoms with Crippen molar-refractivity contribution in [3.63, 3.8) is 0 Å². The van der Waals surface area contributed by atoms with Crippen LogP contribution in [0.15, 0.2) is 54.6 Å². The molecule has 1 fully saturated rings. The quantitative estimate of drug-likeness (QED) is 0.821. The molecule has 2 aromatic carbocycles. The number of likely N-dealkylation sites (tertiary alicyclic amines) is 1. The van der Waals surface area contributed by atoms with Crippen LogP contribution in [-0.2, 0) is 11.3 Å². The van der Waals surface area contributed by atoms with Crippen LogP contribution >= 0.6 is 0 Å². The fourth-order valence-electron chi connectivity index (χ4n) is 3.43. The molecule has 2 aromatic rings. The fourth-order valence-corrected chi connectivity index (χ4v) is 3.43. The van der Waals surface area contributed by atoms with Gasteiger partial charge >= 0.3 is 0 Å². The molecule has 1 aliphatic heterocycles. The second kappa shape index (κ2) is 8.82. The van der Waals surface area contributed by atoms with Gasteiger partial charge in [0.05, 0.1) is 6.04 Å². The zero-order chi connectivity index (χ0) is 19.2. The number of hydrogen-bond donors (Lipinski definition) is 1. The van der Waals surface area contributed by atoms with Crippen molar-refractivity contribution < 1.29 is 9.59 Å². The van der Waals surface area contributed by atoms with Gasteiger partial charge in [-0.25, -0.2) is 0 Å². The van der Waals surface area contributed by atoms with Crippen LogP contribution in [0.3, 0.4) is 0 Å². The van der Waals surface area contributed by atoms with Crippen LogP contribution in [-0.4, -0.2) is 48.8 Å². The van der Waals surface area contributed by atoms with E-state index in [9.17, 15) is 9.59 Å². The molecular weight excluding hydrogens is 338 g/mol. The molecule has 3 rings (SSSR count). The fraction of sp³-hybridized carbons (Fsp3) is 0.364. The van der Waals surface area contributed by atoms with Gasteiger partial charge in [-0.2, -0.15) is 0 Å². The summed E-state index contributed by atoms with van der Waals surface area (Å²) in [7, 11) is 3.99. The molecule has 0 saturated carbocycles. The summed E-state index contributed by atoms with van der Waals surface area (Å²) < 4.78 is 0. The topological polar surface area (TPSA) is 52.7 Å². The Labute approximate surface area is 161 Å². The van der Waals surface area contributed by atoms with Crippen molar-refractivity contribution in [3.8, 4) is 0 Å². The van der Waals surface area contributed by atoms with Crippen LogP contribution in [0.25, 0.3) is 0 Å². The molecule has 0 radical (unpaired) electrons. The molecule has 0 aromatic heterocycles. The highest BCUT2D eigenvalue weighted by molar-refractivity contribution is 5.94. The summed E-state index contributed by atoms with van der Waals surface area (Å²) in [6.45, 7) is 2.09. The first-order valence-electron chi connectivity index (χ1n) is 9.40. The molecule has 1 heterocycles. The largest absolute Gasteiger partial charge is 0.344 e. The maximum absolute atomic E-state index is 12.9. The molecular formula is C22H27N3O2. The molecule has 5 heteroatoms. The minimum absolute atomic E-state index is 0.0856. The second-order valence-corrected chi connectivity index (χ2v) is 7.32. The van der Waals surface area contributed by atoms with Gasteiger partial charge in [-0.1, -0.05) is 42.5 Å². The van der Waals surface area contributed by atoms with E-state index < -0.39 is 0 Å². The van der Waals surface area contributed by atoms with Gasteiger partial charge in [0.2, 0.25) is 5.91 Å². The first kappa shape index (κ1) is 19.1. The number of carbonyl (C=O) groups is 2. The van der Waals surface area contributed by atoms with Crippen LogP contribution in [0.2, 0.25) is 0 Å². The summed E-state index contributed by atoms with van der Waals surface area (Å²) in [5.41, 5.74) is 2.69. The van der Waals surface area contributed by atoms with Gasteiger partial charge in [0, 0.05) is 31.6 Å². The van der Waals surface area contributed by atoms with E-state index in [0.717, 1.165) is 30.6 Å². The Morgan fingerprint density at radius 2 is 1.93 bits per heavy atom. The van der Waals surface area contributed by atoms with Gasteiger partial charge in [-0.3, -0.25) is 9.59 Å². The average molecular weight is 365 g/mol. The number of rotatable bonds is 7. The summed E-state index contributed by atoms with van der Waals surface area (Å²) in [6.07, 6.45) is 1.55. The highest BCUT2D eigenvalue weighted by Crippen LogP contribution is 2.17. The third kappa shape index (κ3) is 5.17. The van der Waals surface area contributed by atoms with E-state index in [1.165, 1.54) is 0 Å². The van der Waals surface area contributed by atoms with Crippen molar-refractivity contribution in [1.82, 2.24) is 15.1 Å². The summed E-state index contributed by atoms with van der Waals surface area (Å²) >= 11 is 0. The predicted molar refractivity (Wildman–Crippen MR) is 106 cm³/mol. The number of nitrogens with zero attached hydrogens (tertiary/aromatic N) is 2. The zero-order valence-corrected chi connectivity index (χ0v) is 16.0. The molecule has 0 unspecified atom stereocenters. The van der Waals surface area contributed by atoms with Crippen molar-refractivity contribution in [2.24, 2.45) is 0 Å². The van der Waals surface area contributed by atoms with Gasteiger partial charge in [0.15, 0.2) is 0 Å². The lowest BCUT2D eigenvalue weighted by molar-refractivity contribution is -0.128. The Morgan fingerprint density at radius 3 is 2.59 bits per heavy atom. The third-order valence-corrected chi connectivity index (χ3v) is 4.79. The zero-order valence-electron chi connectivity index (χ0n) is 16.0. The molecule has 2 amide bonds. The smallest absolute Gasteiger partial charge is 0.251 e. The molecule has 0 aliphatic carbocycles. The summed E-state index contributed by atoms with van der Waals surface area (Å²) in [6, 6.07) is 17.5. The van der Waals surface area contributed by atoms with E-state index in [2.05, 4.69) is 10.2 Å². The first-order valence-corrected chi connectivity index (χ1v) is 9.40. The number of carbonyl (C=O) groups excluding carboxylic acids is 2. The summed E-state index contributed by atoms with van der Waals surface area (Å²) in [5.74, 6) is 0.0975. The minimum Gasteiger partial charge on any atom is -0.344 e.